The molecule has 7 aromatic rings. The number of nitrogens with one attached hydrogen (secondary N) is 3. The summed E-state index contributed by atoms with van der Waals surface area (Å²) in [5.41, 5.74) is 18.3. The number of hydrogen-bond donors (Lipinski definition) is 4. The summed E-state index contributed by atoms with van der Waals surface area (Å²) in [7, 11) is 0. The molecule has 5 N–H and O–H groups in total. The molecule has 13 heteroatoms. The second-order valence-electron chi connectivity index (χ2n) is 16.6. The van der Waals surface area contributed by atoms with Gasteiger partial charge in [0.1, 0.15) is 23.0 Å². The number of fused-ring (bicyclic) bond motifs is 4. The summed E-state index contributed by atoms with van der Waals surface area (Å²) in [5, 5.41) is 3.50. The molecule has 65 heavy (non-hydrogen) atoms. The van der Waals surface area contributed by atoms with Crippen molar-refractivity contribution in [2.45, 2.75) is 32.2 Å². The third-order valence-electron chi connectivity index (χ3n) is 12.3. The van der Waals surface area contributed by atoms with Gasteiger partial charge in [-0.2, -0.15) is 0 Å². The first kappa shape index (κ1) is 41.6. The highest BCUT2D eigenvalue weighted by Gasteiger charge is 2.23. The summed E-state index contributed by atoms with van der Waals surface area (Å²) in [6.45, 7) is 6.53. The van der Waals surface area contributed by atoms with Gasteiger partial charge < -0.3 is 49.8 Å². The maximum atomic E-state index is 12.6. The highest BCUT2D eigenvalue weighted by molar-refractivity contribution is 5.75. The van der Waals surface area contributed by atoms with E-state index in [1.165, 1.54) is 5.56 Å². The Labute approximate surface area is 376 Å². The van der Waals surface area contributed by atoms with Crippen LogP contribution in [0.1, 0.15) is 27.8 Å². The molecule has 7 heterocycles. The number of pyridine rings is 3. The third kappa shape index (κ3) is 9.47. The monoisotopic (exact) mass is 869 g/mol. The first-order valence-electron chi connectivity index (χ1n) is 22.3. The van der Waals surface area contributed by atoms with Crippen molar-refractivity contribution in [2.24, 2.45) is 0 Å². The molecule has 13 nitrogen and oxygen atoms in total. The lowest BCUT2D eigenvalue weighted by molar-refractivity contribution is 0.122. The number of aryl methyl sites for hydroxylation is 4. The fourth-order valence-electron chi connectivity index (χ4n) is 8.93. The molecule has 11 rings (SSSR count). The Morgan fingerprint density at radius 1 is 0.569 bits per heavy atom. The molecule has 0 bridgehead atoms. The van der Waals surface area contributed by atoms with Crippen LogP contribution < -0.4 is 41.4 Å². The molecule has 0 amide bonds. The van der Waals surface area contributed by atoms with E-state index in [1.54, 1.807) is 24.5 Å². The number of aromatic amines is 2. The smallest absolute Gasteiger partial charge is 0.250 e. The summed E-state index contributed by atoms with van der Waals surface area (Å²) in [5.74, 6) is 3.27. The van der Waals surface area contributed by atoms with Crippen LogP contribution in [0.15, 0.2) is 131 Å². The molecule has 0 saturated carbocycles. The molecular weight excluding hydrogens is 819 g/mol. The van der Waals surface area contributed by atoms with E-state index < -0.39 is 0 Å². The van der Waals surface area contributed by atoms with Gasteiger partial charge in [0.05, 0.1) is 37.8 Å². The minimum absolute atomic E-state index is 0.120. The van der Waals surface area contributed by atoms with Crippen LogP contribution in [-0.2, 0) is 41.7 Å². The zero-order valence-electron chi connectivity index (χ0n) is 36.1. The van der Waals surface area contributed by atoms with Crippen molar-refractivity contribution >= 4 is 22.7 Å². The fourth-order valence-corrected chi connectivity index (χ4v) is 8.93. The summed E-state index contributed by atoms with van der Waals surface area (Å²) in [6, 6.07) is 35.7. The fraction of sp³-hybridized carbons (Fsp3) is 0.250. The lowest BCUT2D eigenvalue weighted by Crippen LogP contribution is -2.36. The van der Waals surface area contributed by atoms with Crippen molar-refractivity contribution in [2.75, 3.05) is 73.5 Å². The van der Waals surface area contributed by atoms with E-state index in [2.05, 4.69) is 54.3 Å². The lowest BCUT2D eigenvalue weighted by atomic mass is 10.0. The van der Waals surface area contributed by atoms with Crippen molar-refractivity contribution in [3.63, 3.8) is 0 Å². The second kappa shape index (κ2) is 18.8. The molecule has 330 valence electrons. The van der Waals surface area contributed by atoms with Gasteiger partial charge in [-0.25, -0.2) is 0 Å². The van der Waals surface area contributed by atoms with Gasteiger partial charge in [-0.05, 0) is 126 Å². The molecular formula is C52H51N7O6. The molecule has 2 saturated heterocycles. The highest BCUT2D eigenvalue weighted by Crippen LogP contribution is 2.43. The molecule has 2 fully saturated rings. The van der Waals surface area contributed by atoms with Crippen LogP contribution >= 0.6 is 0 Å². The van der Waals surface area contributed by atoms with Crippen LogP contribution in [0.5, 0.6) is 23.0 Å². The first-order valence-corrected chi connectivity index (χ1v) is 22.3. The number of hydrogen-bond acceptors (Lipinski definition) is 11. The number of nitrogens with two attached hydrogens (primary N) is 1. The van der Waals surface area contributed by atoms with Crippen LogP contribution in [0, 0.1) is 0 Å². The summed E-state index contributed by atoms with van der Waals surface area (Å²) < 4.78 is 23.8. The van der Waals surface area contributed by atoms with Gasteiger partial charge >= 0.3 is 0 Å². The number of rotatable bonds is 7. The number of morpholine rings is 2. The van der Waals surface area contributed by atoms with Crippen LogP contribution in [0.4, 0.5) is 22.7 Å². The molecule has 0 atom stereocenters. The van der Waals surface area contributed by atoms with E-state index in [-0.39, 0.29) is 11.1 Å². The zero-order valence-corrected chi connectivity index (χ0v) is 36.1. The Morgan fingerprint density at radius 3 is 1.63 bits per heavy atom. The van der Waals surface area contributed by atoms with Gasteiger partial charge in [-0.1, -0.05) is 24.3 Å². The van der Waals surface area contributed by atoms with Gasteiger partial charge in [0.15, 0.2) is 0 Å². The first-order chi connectivity index (χ1) is 31.9. The Bertz CT molecular complexity index is 2940. The van der Waals surface area contributed by atoms with Gasteiger partial charge in [0.2, 0.25) is 11.1 Å². The number of benzene rings is 4. The Kier molecular flexibility index (Phi) is 12.0. The van der Waals surface area contributed by atoms with Crippen LogP contribution in [0.25, 0.3) is 22.5 Å². The average Bonchev–Trinajstić information content (AvgIpc) is 3.65. The van der Waals surface area contributed by atoms with Gasteiger partial charge in [0, 0.05) is 91.1 Å². The zero-order chi connectivity index (χ0) is 44.1. The highest BCUT2D eigenvalue weighted by atomic mass is 16.5. The van der Waals surface area contributed by atoms with E-state index in [0.29, 0.717) is 26.4 Å². The topological polar surface area (TPSA) is 160 Å². The van der Waals surface area contributed by atoms with Crippen LogP contribution in [0.2, 0.25) is 0 Å². The Morgan fingerprint density at radius 2 is 1.08 bits per heavy atom. The molecule has 0 radical (unpaired) electrons. The van der Waals surface area contributed by atoms with Crippen molar-refractivity contribution in [1.29, 1.82) is 0 Å². The maximum Gasteiger partial charge on any atom is 0.250 e. The number of anilines is 4. The number of aromatic nitrogens is 3. The van der Waals surface area contributed by atoms with Gasteiger partial charge in [-0.15, -0.1) is 0 Å². The number of nitrogens with zero attached hydrogens (tertiary/aromatic N) is 3. The molecule has 0 aliphatic carbocycles. The summed E-state index contributed by atoms with van der Waals surface area (Å²) in [6.07, 6.45) is 7.06. The number of nitrogen functional groups attached to an aromatic ring is 1. The predicted molar refractivity (Wildman–Crippen MR) is 255 cm³/mol. The van der Waals surface area contributed by atoms with Crippen molar-refractivity contribution < 1.29 is 18.9 Å². The molecule has 0 spiro atoms. The van der Waals surface area contributed by atoms with Gasteiger partial charge in [-0.3, -0.25) is 14.6 Å². The summed E-state index contributed by atoms with van der Waals surface area (Å²) >= 11 is 0. The van der Waals surface area contributed by atoms with Crippen LogP contribution in [-0.4, -0.2) is 67.6 Å². The standard InChI is InChI=1S/C29H28N4O3.C23H23N3O3/c34-28-18-24(33-12-14-35-15-13-33)17-26(32-28)25-3-1-2-21-4-5-22-16-23(6-7-27(22)36-29(21)25)31-19-20-8-10-30-11-9-20;24-17-6-7-21-16(12-17)5-4-15-2-1-3-19(23(15)29-21)20-13-18(14-22(27)25-20)26-8-10-28-11-9-26/h1-3,6-11,16-18,31H,4-5,12-15,19H2,(H,32,34);1-3,6-7,12-14H,4-5,8-11,24H2,(H,25,27). The molecule has 0 unspecified atom stereocenters. The number of H-pyrrole nitrogens is 2. The minimum Gasteiger partial charge on any atom is -0.456 e. The van der Waals surface area contributed by atoms with Crippen LogP contribution in [0.3, 0.4) is 0 Å². The minimum atomic E-state index is -0.122. The largest absolute Gasteiger partial charge is 0.456 e. The number of para-hydroxylation sites is 2. The number of ether oxygens (including phenoxy) is 4. The van der Waals surface area contributed by atoms with Crippen molar-refractivity contribution in [1.82, 2.24) is 15.0 Å². The van der Waals surface area contributed by atoms with E-state index in [4.69, 9.17) is 24.7 Å². The Hall–Kier alpha value is -7.35. The van der Waals surface area contributed by atoms with E-state index in [1.807, 2.05) is 72.8 Å². The molecule has 4 aromatic carbocycles. The van der Waals surface area contributed by atoms with E-state index in [0.717, 1.165) is 149 Å². The van der Waals surface area contributed by atoms with Crippen molar-refractivity contribution in [3.05, 3.63) is 170 Å². The van der Waals surface area contributed by atoms with E-state index in [9.17, 15) is 9.59 Å². The third-order valence-corrected chi connectivity index (χ3v) is 12.3. The molecule has 3 aromatic heterocycles. The van der Waals surface area contributed by atoms with E-state index >= 15 is 0 Å². The normalized spacial score (nSPS) is 15.3. The summed E-state index contributed by atoms with van der Waals surface area (Å²) in [4.78, 5) is 39.5. The quantitative estimate of drug-likeness (QED) is 0.115. The average molecular weight is 870 g/mol. The Balaban J connectivity index is 0.000000157. The molecule has 4 aliphatic heterocycles. The SMILES string of the molecule is Nc1ccc2c(c1)CCc1cccc(-c3cc(N4CCOCC4)cc(=O)[nH]3)c1O2.O=c1cc(N2CCOCC2)cc(-c2cccc3c2Oc2ccc(NCc4ccncc4)cc2CC3)[nH]1. The van der Waals surface area contributed by atoms with Gasteiger partial charge in [0.25, 0.3) is 0 Å². The molecule has 4 aliphatic rings. The van der Waals surface area contributed by atoms with Crippen molar-refractivity contribution in [3.8, 4) is 45.5 Å². The lowest BCUT2D eigenvalue weighted by Gasteiger charge is -2.29. The predicted octanol–water partition coefficient (Wildman–Crippen LogP) is 8.13. The maximum absolute atomic E-state index is 12.6. The second-order valence-corrected chi connectivity index (χ2v) is 16.6.